The molecule has 1 heteroatoms. The molecule has 0 N–H and O–H groups in total. The summed E-state index contributed by atoms with van der Waals surface area (Å²) in [6, 6.07) is 0. The van der Waals surface area contributed by atoms with Gasteiger partial charge in [0, 0.05) is 5.88 Å². The van der Waals surface area contributed by atoms with E-state index >= 15 is 0 Å². The lowest BCUT2D eigenvalue weighted by molar-refractivity contribution is -0.000737. The topological polar surface area (TPSA) is 0 Å². The Morgan fingerprint density at radius 2 is 1.38 bits per heavy atom. The first-order valence-electron chi connectivity index (χ1n) is 5.80. The highest BCUT2D eigenvalue weighted by Crippen LogP contribution is 2.58. The zero-order valence-corrected chi connectivity index (χ0v) is 9.50. The fourth-order valence-corrected chi connectivity index (χ4v) is 3.85. The van der Waals surface area contributed by atoms with Crippen molar-refractivity contribution in [3.63, 3.8) is 0 Å². The Morgan fingerprint density at radius 3 is 1.77 bits per heavy atom. The molecular weight excluding hydrogens is 180 g/mol. The van der Waals surface area contributed by atoms with Crippen molar-refractivity contribution >= 4 is 11.6 Å². The van der Waals surface area contributed by atoms with Gasteiger partial charge in [0.15, 0.2) is 0 Å². The van der Waals surface area contributed by atoms with E-state index in [-0.39, 0.29) is 0 Å². The van der Waals surface area contributed by atoms with Gasteiger partial charge in [-0.1, -0.05) is 13.3 Å². The van der Waals surface area contributed by atoms with E-state index in [2.05, 4.69) is 6.92 Å². The van der Waals surface area contributed by atoms with Gasteiger partial charge in [0.2, 0.25) is 0 Å². The average Bonchev–Trinajstić information content (AvgIpc) is 2.21. The van der Waals surface area contributed by atoms with Gasteiger partial charge in [-0.05, 0) is 55.8 Å². The first-order valence-corrected chi connectivity index (χ1v) is 6.34. The van der Waals surface area contributed by atoms with Gasteiger partial charge in [-0.2, -0.15) is 0 Å². The summed E-state index contributed by atoms with van der Waals surface area (Å²) in [5, 5.41) is 0. The lowest BCUT2D eigenvalue weighted by atomic mass is 9.53. The van der Waals surface area contributed by atoms with Crippen molar-refractivity contribution in [3.05, 3.63) is 0 Å². The lowest BCUT2D eigenvalue weighted by Crippen LogP contribution is -2.42. The quantitative estimate of drug-likeness (QED) is 0.594. The number of fused-ring (bicyclic) bond motifs is 3. The van der Waals surface area contributed by atoms with Gasteiger partial charge in [0.1, 0.15) is 0 Å². The second-order valence-electron chi connectivity index (χ2n) is 5.38. The fourth-order valence-electron chi connectivity index (χ4n) is 3.45. The van der Waals surface area contributed by atoms with Crippen molar-refractivity contribution in [1.29, 1.82) is 0 Å². The highest BCUT2D eigenvalue weighted by molar-refractivity contribution is 6.18. The van der Waals surface area contributed by atoms with Crippen molar-refractivity contribution in [2.75, 3.05) is 5.88 Å². The minimum Gasteiger partial charge on any atom is -0.126 e. The van der Waals surface area contributed by atoms with Gasteiger partial charge in [0.25, 0.3) is 0 Å². The molecule has 3 aliphatic carbocycles. The summed E-state index contributed by atoms with van der Waals surface area (Å²) >= 11 is 6.08. The zero-order chi connectivity index (χ0) is 9.36. The second kappa shape index (κ2) is 3.46. The van der Waals surface area contributed by atoms with E-state index in [1.165, 1.54) is 51.4 Å². The van der Waals surface area contributed by atoms with Gasteiger partial charge in [-0.25, -0.2) is 0 Å². The van der Waals surface area contributed by atoms with Crippen LogP contribution in [0.2, 0.25) is 0 Å². The maximum Gasteiger partial charge on any atom is 0.0280 e. The van der Waals surface area contributed by atoms with Crippen LogP contribution < -0.4 is 0 Å². The Hall–Kier alpha value is 0.290. The zero-order valence-electron chi connectivity index (χ0n) is 8.74. The highest BCUT2D eigenvalue weighted by atomic mass is 35.5. The van der Waals surface area contributed by atoms with E-state index in [4.69, 9.17) is 11.6 Å². The summed E-state index contributed by atoms with van der Waals surface area (Å²) in [5.74, 6) is 0.912. The van der Waals surface area contributed by atoms with Gasteiger partial charge < -0.3 is 0 Å². The van der Waals surface area contributed by atoms with Crippen molar-refractivity contribution in [2.45, 2.75) is 58.3 Å². The van der Waals surface area contributed by atoms with Crippen LogP contribution >= 0.6 is 11.6 Å². The molecule has 0 unspecified atom stereocenters. The number of hydrogen-bond acceptors (Lipinski definition) is 0. The van der Waals surface area contributed by atoms with Gasteiger partial charge in [-0.15, -0.1) is 11.6 Å². The van der Waals surface area contributed by atoms with Crippen molar-refractivity contribution in [1.82, 2.24) is 0 Å². The molecule has 3 rings (SSSR count). The maximum absolute atomic E-state index is 6.08. The van der Waals surface area contributed by atoms with Crippen molar-refractivity contribution in [2.24, 2.45) is 10.8 Å². The number of rotatable bonds is 3. The normalized spacial score (nSPS) is 43.8. The summed E-state index contributed by atoms with van der Waals surface area (Å²) in [6.07, 6.45) is 11.5. The summed E-state index contributed by atoms with van der Waals surface area (Å²) < 4.78 is 0. The molecule has 0 saturated heterocycles. The van der Waals surface area contributed by atoms with Gasteiger partial charge in [0.05, 0.1) is 0 Å². The minimum atomic E-state index is 0.567. The molecule has 0 spiro atoms. The van der Waals surface area contributed by atoms with Crippen LogP contribution in [0.3, 0.4) is 0 Å². The number of halogens is 1. The minimum absolute atomic E-state index is 0.567. The predicted molar refractivity (Wildman–Crippen MR) is 58.2 cm³/mol. The van der Waals surface area contributed by atoms with Crippen molar-refractivity contribution < 1.29 is 0 Å². The molecule has 3 fully saturated rings. The molecule has 3 saturated carbocycles. The molecule has 13 heavy (non-hydrogen) atoms. The molecule has 0 aromatic carbocycles. The van der Waals surface area contributed by atoms with Gasteiger partial charge >= 0.3 is 0 Å². The first-order chi connectivity index (χ1) is 6.24. The fraction of sp³-hybridized carbons (Fsp3) is 1.00. The van der Waals surface area contributed by atoms with Crippen LogP contribution in [0.15, 0.2) is 0 Å². The third-order valence-corrected chi connectivity index (χ3v) is 5.19. The van der Waals surface area contributed by atoms with E-state index in [1.54, 1.807) is 0 Å². The van der Waals surface area contributed by atoms with Gasteiger partial charge in [-0.3, -0.25) is 0 Å². The van der Waals surface area contributed by atoms with E-state index in [9.17, 15) is 0 Å². The molecule has 3 aliphatic rings. The Bertz CT molecular complexity index is 161. The third-order valence-electron chi connectivity index (χ3n) is 4.62. The van der Waals surface area contributed by atoms with Crippen LogP contribution in [0.25, 0.3) is 0 Å². The van der Waals surface area contributed by atoms with E-state index < -0.39 is 0 Å². The molecule has 2 bridgehead atoms. The number of hydrogen-bond donors (Lipinski definition) is 0. The molecule has 0 nitrogen and oxygen atoms in total. The van der Waals surface area contributed by atoms with E-state index in [0.29, 0.717) is 5.41 Å². The van der Waals surface area contributed by atoms with E-state index in [1.807, 2.05) is 0 Å². The highest BCUT2D eigenvalue weighted by Gasteiger charge is 2.47. The molecule has 76 valence electrons. The molecule has 0 aromatic rings. The monoisotopic (exact) mass is 200 g/mol. The van der Waals surface area contributed by atoms with Crippen LogP contribution in [0.5, 0.6) is 0 Å². The molecular formula is C12H21Cl. The largest absolute Gasteiger partial charge is 0.126 e. The number of alkyl halides is 1. The van der Waals surface area contributed by atoms with E-state index in [0.717, 1.165) is 11.3 Å². The van der Waals surface area contributed by atoms with Crippen LogP contribution in [0.4, 0.5) is 0 Å². The summed E-state index contributed by atoms with van der Waals surface area (Å²) in [5.41, 5.74) is 1.32. The predicted octanol–water partition coefficient (Wildman–Crippen LogP) is 4.37. The molecule has 0 heterocycles. The van der Waals surface area contributed by atoms with Crippen LogP contribution in [-0.4, -0.2) is 5.88 Å². The van der Waals surface area contributed by atoms with Crippen molar-refractivity contribution in [3.8, 4) is 0 Å². The Balaban J connectivity index is 2.03. The first kappa shape index (κ1) is 9.83. The Labute approximate surface area is 87.0 Å². The second-order valence-corrected chi connectivity index (χ2v) is 5.65. The van der Waals surface area contributed by atoms with Crippen LogP contribution in [0.1, 0.15) is 58.3 Å². The van der Waals surface area contributed by atoms with Crippen LogP contribution in [0, 0.1) is 10.8 Å². The molecule has 0 radical (unpaired) electrons. The molecule has 0 amide bonds. The summed E-state index contributed by atoms with van der Waals surface area (Å²) in [7, 11) is 0. The molecule has 0 aliphatic heterocycles. The average molecular weight is 201 g/mol. The molecule has 0 aromatic heterocycles. The Kier molecular flexibility index (Phi) is 2.61. The summed E-state index contributed by atoms with van der Waals surface area (Å²) in [6.45, 7) is 2.33. The SMILES string of the molecule is CCCC12CCC(CCl)(CC1)CC2. The van der Waals surface area contributed by atoms with Crippen LogP contribution in [-0.2, 0) is 0 Å². The maximum atomic E-state index is 6.08. The molecule has 0 atom stereocenters. The standard InChI is InChI=1S/C12H21Cl/c1-2-3-11-4-7-12(10-13,8-5-11)9-6-11/h2-10H2,1H3. The third kappa shape index (κ3) is 1.63. The smallest absolute Gasteiger partial charge is 0.0280 e. The Morgan fingerprint density at radius 1 is 0.923 bits per heavy atom. The summed E-state index contributed by atoms with van der Waals surface area (Å²) in [4.78, 5) is 0. The lowest BCUT2D eigenvalue weighted by Gasteiger charge is -2.53.